The summed E-state index contributed by atoms with van der Waals surface area (Å²) in [5, 5.41) is 10.5. The van der Waals surface area contributed by atoms with Gasteiger partial charge in [0.1, 0.15) is 17.0 Å². The van der Waals surface area contributed by atoms with Gasteiger partial charge in [0.05, 0.1) is 25.6 Å². The SMILES string of the molecule is COC(=O)C1=C(O)C(=Cc2cc(C)n(-c3cc(C)ccc3OC)c2C)N=C1C. The molecule has 0 radical (unpaired) electrons. The van der Waals surface area contributed by atoms with Crippen molar-refractivity contribution >= 4 is 17.8 Å². The summed E-state index contributed by atoms with van der Waals surface area (Å²) >= 11 is 0. The summed E-state index contributed by atoms with van der Waals surface area (Å²) < 4.78 is 12.4. The lowest BCUT2D eigenvalue weighted by molar-refractivity contribution is -0.135. The van der Waals surface area contributed by atoms with Gasteiger partial charge in [-0.1, -0.05) is 6.07 Å². The largest absolute Gasteiger partial charge is 0.505 e. The molecule has 1 aliphatic rings. The highest BCUT2D eigenvalue weighted by molar-refractivity contribution is 6.22. The highest BCUT2D eigenvalue weighted by atomic mass is 16.5. The fourth-order valence-corrected chi connectivity index (χ4v) is 3.46. The summed E-state index contributed by atoms with van der Waals surface area (Å²) in [5.74, 6) is 0.0106. The van der Waals surface area contributed by atoms with Crippen LogP contribution in [0.15, 0.2) is 46.3 Å². The fraction of sp³-hybridized carbons (Fsp3) is 0.273. The Labute approximate surface area is 164 Å². The van der Waals surface area contributed by atoms with E-state index in [9.17, 15) is 9.90 Å². The number of aliphatic imine (C=N–C) groups is 1. The van der Waals surface area contributed by atoms with Gasteiger partial charge in [-0.15, -0.1) is 0 Å². The molecule has 1 N–H and O–H groups in total. The van der Waals surface area contributed by atoms with E-state index in [4.69, 9.17) is 9.47 Å². The van der Waals surface area contributed by atoms with Crippen LogP contribution in [0.1, 0.15) is 29.4 Å². The van der Waals surface area contributed by atoms with Gasteiger partial charge in [0.25, 0.3) is 0 Å². The van der Waals surface area contributed by atoms with E-state index < -0.39 is 5.97 Å². The van der Waals surface area contributed by atoms with Gasteiger partial charge in [0, 0.05) is 11.4 Å². The molecule has 0 unspecified atom stereocenters. The van der Waals surface area contributed by atoms with Crippen LogP contribution >= 0.6 is 0 Å². The zero-order valence-corrected chi connectivity index (χ0v) is 17.0. The number of carbonyl (C=O) groups excluding carboxylic acids is 1. The van der Waals surface area contributed by atoms with Crippen molar-refractivity contribution in [1.82, 2.24) is 4.57 Å². The van der Waals surface area contributed by atoms with E-state index in [-0.39, 0.29) is 11.3 Å². The molecule has 1 aromatic carbocycles. The second kappa shape index (κ2) is 7.38. The topological polar surface area (TPSA) is 73.0 Å². The maximum Gasteiger partial charge on any atom is 0.343 e. The number of carbonyl (C=O) groups is 1. The number of aliphatic hydroxyl groups is 1. The molecule has 1 aliphatic heterocycles. The van der Waals surface area contributed by atoms with E-state index in [1.165, 1.54) is 7.11 Å². The molecule has 0 saturated carbocycles. The molecular weight excluding hydrogens is 356 g/mol. The third-order valence-corrected chi connectivity index (χ3v) is 4.86. The fourth-order valence-electron chi connectivity index (χ4n) is 3.46. The first-order valence-corrected chi connectivity index (χ1v) is 8.91. The van der Waals surface area contributed by atoms with E-state index >= 15 is 0 Å². The summed E-state index contributed by atoms with van der Waals surface area (Å²) in [4.78, 5) is 16.2. The Morgan fingerprint density at radius 2 is 1.86 bits per heavy atom. The van der Waals surface area contributed by atoms with Crippen molar-refractivity contribution < 1.29 is 19.4 Å². The van der Waals surface area contributed by atoms with E-state index in [0.29, 0.717) is 11.4 Å². The number of ether oxygens (including phenoxy) is 2. The minimum Gasteiger partial charge on any atom is -0.505 e. The lowest BCUT2D eigenvalue weighted by Crippen LogP contribution is -2.11. The second-order valence-electron chi connectivity index (χ2n) is 6.78. The van der Waals surface area contributed by atoms with Gasteiger partial charge in [0.2, 0.25) is 0 Å². The van der Waals surface area contributed by atoms with Crippen LogP contribution in [0.2, 0.25) is 0 Å². The highest BCUT2D eigenvalue weighted by Crippen LogP contribution is 2.32. The van der Waals surface area contributed by atoms with Gasteiger partial charge in [0.15, 0.2) is 5.76 Å². The van der Waals surface area contributed by atoms with Crippen LogP contribution in [-0.2, 0) is 9.53 Å². The first-order valence-electron chi connectivity index (χ1n) is 8.91. The average Bonchev–Trinajstić information content (AvgIpc) is 3.09. The van der Waals surface area contributed by atoms with Crippen LogP contribution in [0.5, 0.6) is 5.75 Å². The molecule has 0 saturated heterocycles. The Bertz CT molecular complexity index is 1050. The molecule has 0 aliphatic carbocycles. The first-order chi connectivity index (χ1) is 13.3. The molecule has 0 spiro atoms. The average molecular weight is 380 g/mol. The van der Waals surface area contributed by atoms with Crippen LogP contribution in [0.25, 0.3) is 11.8 Å². The summed E-state index contributed by atoms with van der Waals surface area (Å²) in [7, 11) is 2.93. The number of benzene rings is 1. The Hall–Kier alpha value is -3.28. The van der Waals surface area contributed by atoms with Gasteiger partial charge < -0.3 is 19.1 Å². The van der Waals surface area contributed by atoms with E-state index in [1.54, 1.807) is 20.1 Å². The summed E-state index contributed by atoms with van der Waals surface area (Å²) in [6, 6.07) is 8.04. The number of rotatable bonds is 4. The maximum atomic E-state index is 11.9. The van der Waals surface area contributed by atoms with Gasteiger partial charge in [-0.3, -0.25) is 0 Å². The number of methoxy groups -OCH3 is 2. The van der Waals surface area contributed by atoms with Crippen molar-refractivity contribution in [2.24, 2.45) is 4.99 Å². The van der Waals surface area contributed by atoms with Crippen molar-refractivity contribution in [3.8, 4) is 11.4 Å². The molecule has 6 heteroatoms. The maximum absolute atomic E-state index is 11.9. The highest BCUT2D eigenvalue weighted by Gasteiger charge is 2.27. The van der Waals surface area contributed by atoms with Gasteiger partial charge in [-0.25, -0.2) is 9.79 Å². The van der Waals surface area contributed by atoms with Crippen molar-refractivity contribution in [3.63, 3.8) is 0 Å². The molecular formula is C22H24N2O4. The smallest absolute Gasteiger partial charge is 0.343 e. The number of aromatic nitrogens is 1. The molecule has 3 rings (SSSR count). The predicted octanol–water partition coefficient (Wildman–Crippen LogP) is 4.21. The summed E-state index contributed by atoms with van der Waals surface area (Å²) in [6.07, 6.45) is 1.77. The molecule has 2 aromatic rings. The molecule has 0 amide bonds. The number of hydrogen-bond acceptors (Lipinski definition) is 5. The van der Waals surface area contributed by atoms with Crippen molar-refractivity contribution in [3.05, 3.63) is 63.8 Å². The molecule has 146 valence electrons. The van der Waals surface area contributed by atoms with E-state index in [1.807, 2.05) is 39.0 Å². The van der Waals surface area contributed by atoms with Crippen LogP contribution in [0, 0.1) is 20.8 Å². The first kappa shape index (κ1) is 19.5. The molecule has 2 heterocycles. The molecule has 0 atom stereocenters. The lowest BCUT2D eigenvalue weighted by Gasteiger charge is -2.14. The normalized spacial score (nSPS) is 15.2. The van der Waals surface area contributed by atoms with E-state index in [2.05, 4.69) is 15.6 Å². The van der Waals surface area contributed by atoms with Gasteiger partial charge in [-0.2, -0.15) is 0 Å². The Kier molecular flexibility index (Phi) is 5.14. The van der Waals surface area contributed by atoms with Crippen LogP contribution < -0.4 is 4.74 Å². The zero-order valence-electron chi connectivity index (χ0n) is 17.0. The number of aryl methyl sites for hydroxylation is 2. The molecule has 0 bridgehead atoms. The number of aliphatic hydroxyl groups excluding tert-OH is 1. The number of nitrogens with zero attached hydrogens (tertiary/aromatic N) is 2. The van der Waals surface area contributed by atoms with Crippen LogP contribution in [0.4, 0.5) is 0 Å². The Balaban J connectivity index is 2.12. The molecule has 0 fully saturated rings. The predicted molar refractivity (Wildman–Crippen MR) is 109 cm³/mol. The number of hydrogen-bond donors (Lipinski definition) is 1. The van der Waals surface area contributed by atoms with Crippen molar-refractivity contribution in [2.75, 3.05) is 14.2 Å². The van der Waals surface area contributed by atoms with Gasteiger partial charge >= 0.3 is 5.97 Å². The lowest BCUT2D eigenvalue weighted by atomic mass is 10.1. The van der Waals surface area contributed by atoms with Crippen molar-refractivity contribution in [1.29, 1.82) is 0 Å². The third-order valence-electron chi connectivity index (χ3n) is 4.86. The minimum atomic E-state index is -0.600. The standard InChI is InChI=1S/C22H24N2O4/c1-12-7-8-19(27-5)18(9-12)24-13(2)10-16(15(24)4)11-17-21(25)20(14(3)23-17)22(26)28-6/h7-11,25H,1-6H3. The third kappa shape index (κ3) is 3.22. The Morgan fingerprint density at radius 3 is 2.50 bits per heavy atom. The molecule has 1 aromatic heterocycles. The van der Waals surface area contributed by atoms with Crippen molar-refractivity contribution in [2.45, 2.75) is 27.7 Å². The minimum absolute atomic E-state index is 0.0999. The number of esters is 1. The van der Waals surface area contributed by atoms with Gasteiger partial charge in [-0.05, 0) is 63.1 Å². The summed E-state index contributed by atoms with van der Waals surface area (Å²) in [6.45, 7) is 7.71. The molecule has 6 nitrogen and oxygen atoms in total. The zero-order chi connectivity index (χ0) is 20.6. The quantitative estimate of drug-likeness (QED) is 0.807. The monoisotopic (exact) mass is 380 g/mol. The van der Waals surface area contributed by atoms with E-state index in [0.717, 1.165) is 34.0 Å². The van der Waals surface area contributed by atoms with Crippen LogP contribution in [-0.4, -0.2) is 35.6 Å². The second-order valence-corrected chi connectivity index (χ2v) is 6.78. The Morgan fingerprint density at radius 1 is 1.14 bits per heavy atom. The van der Waals surface area contributed by atoms with Crippen LogP contribution in [0.3, 0.4) is 0 Å². The summed E-state index contributed by atoms with van der Waals surface area (Å²) in [5.41, 5.74) is 5.84. The molecule has 28 heavy (non-hydrogen) atoms.